The SMILES string of the molecule is CCCC(C)(N)C(=O)NCc1ccc(OCC)c(OC)c1.Cl. The summed E-state index contributed by atoms with van der Waals surface area (Å²) in [7, 11) is 1.60. The summed E-state index contributed by atoms with van der Waals surface area (Å²) in [5, 5.41) is 2.87. The lowest BCUT2D eigenvalue weighted by Gasteiger charge is -2.23. The molecule has 1 rings (SSSR count). The van der Waals surface area contributed by atoms with Crippen molar-refractivity contribution in [3.05, 3.63) is 23.8 Å². The third kappa shape index (κ3) is 5.73. The van der Waals surface area contributed by atoms with Gasteiger partial charge in [0, 0.05) is 6.54 Å². The molecule has 0 heterocycles. The first kappa shape index (κ1) is 20.5. The van der Waals surface area contributed by atoms with Crippen LogP contribution >= 0.6 is 12.4 Å². The first-order valence-corrected chi connectivity index (χ1v) is 7.31. The van der Waals surface area contributed by atoms with Crippen LogP contribution in [0.5, 0.6) is 11.5 Å². The largest absolute Gasteiger partial charge is 0.493 e. The van der Waals surface area contributed by atoms with Crippen LogP contribution in [0, 0.1) is 0 Å². The van der Waals surface area contributed by atoms with E-state index in [9.17, 15) is 4.79 Å². The summed E-state index contributed by atoms with van der Waals surface area (Å²) in [4.78, 5) is 12.1. The highest BCUT2D eigenvalue weighted by atomic mass is 35.5. The monoisotopic (exact) mass is 330 g/mol. The molecule has 1 aromatic rings. The Kier molecular flexibility index (Phi) is 8.90. The van der Waals surface area contributed by atoms with Crippen LogP contribution in [0.1, 0.15) is 39.2 Å². The number of methoxy groups -OCH3 is 1. The molecule has 0 saturated carbocycles. The van der Waals surface area contributed by atoms with Gasteiger partial charge in [-0.05, 0) is 38.0 Å². The molecule has 0 radical (unpaired) electrons. The molecule has 0 fully saturated rings. The minimum atomic E-state index is -0.829. The van der Waals surface area contributed by atoms with Crippen LogP contribution in [0.15, 0.2) is 18.2 Å². The number of nitrogens with two attached hydrogens (primary N) is 1. The molecule has 1 atom stereocenters. The molecule has 1 aromatic carbocycles. The fourth-order valence-electron chi connectivity index (χ4n) is 2.11. The maximum atomic E-state index is 12.1. The first-order chi connectivity index (χ1) is 9.94. The van der Waals surface area contributed by atoms with Crippen molar-refractivity contribution >= 4 is 18.3 Å². The molecule has 0 saturated heterocycles. The number of benzene rings is 1. The second-order valence-corrected chi connectivity index (χ2v) is 5.27. The normalized spacial score (nSPS) is 12.8. The van der Waals surface area contributed by atoms with E-state index in [0.29, 0.717) is 31.1 Å². The number of rotatable bonds is 8. The summed E-state index contributed by atoms with van der Waals surface area (Å²) in [6, 6.07) is 5.61. The van der Waals surface area contributed by atoms with Crippen LogP contribution in [-0.4, -0.2) is 25.2 Å². The van der Waals surface area contributed by atoms with Crippen molar-refractivity contribution in [3.8, 4) is 11.5 Å². The van der Waals surface area contributed by atoms with Gasteiger partial charge in [0.25, 0.3) is 0 Å². The Morgan fingerprint density at radius 2 is 2.00 bits per heavy atom. The molecule has 0 spiro atoms. The molecule has 0 aliphatic carbocycles. The fraction of sp³-hybridized carbons (Fsp3) is 0.562. The Labute approximate surface area is 139 Å². The Morgan fingerprint density at radius 1 is 1.32 bits per heavy atom. The minimum absolute atomic E-state index is 0. The van der Waals surface area contributed by atoms with E-state index in [1.54, 1.807) is 14.0 Å². The molecule has 0 aromatic heterocycles. The molecule has 0 aliphatic heterocycles. The Bertz CT molecular complexity index is 478. The van der Waals surface area contributed by atoms with Crippen LogP contribution in [0.4, 0.5) is 0 Å². The van der Waals surface area contributed by atoms with Crippen LogP contribution in [0.25, 0.3) is 0 Å². The highest BCUT2D eigenvalue weighted by Crippen LogP contribution is 2.28. The van der Waals surface area contributed by atoms with Gasteiger partial charge in [-0.15, -0.1) is 12.4 Å². The van der Waals surface area contributed by atoms with Gasteiger partial charge in [0.1, 0.15) is 0 Å². The van der Waals surface area contributed by atoms with Crippen molar-refractivity contribution in [3.63, 3.8) is 0 Å². The van der Waals surface area contributed by atoms with Crippen molar-refractivity contribution in [2.24, 2.45) is 5.73 Å². The van der Waals surface area contributed by atoms with Crippen LogP contribution in [0.3, 0.4) is 0 Å². The van der Waals surface area contributed by atoms with E-state index < -0.39 is 5.54 Å². The zero-order valence-corrected chi connectivity index (χ0v) is 14.6. The van der Waals surface area contributed by atoms with Gasteiger partial charge < -0.3 is 20.5 Å². The maximum Gasteiger partial charge on any atom is 0.240 e. The Hall–Kier alpha value is -1.46. The second-order valence-electron chi connectivity index (χ2n) is 5.27. The summed E-state index contributed by atoms with van der Waals surface area (Å²) in [5.74, 6) is 1.22. The van der Waals surface area contributed by atoms with Crippen molar-refractivity contribution < 1.29 is 14.3 Å². The molecule has 5 nitrogen and oxygen atoms in total. The maximum absolute atomic E-state index is 12.1. The number of ether oxygens (including phenoxy) is 2. The highest BCUT2D eigenvalue weighted by molar-refractivity contribution is 5.85. The van der Waals surface area contributed by atoms with Gasteiger partial charge >= 0.3 is 0 Å². The molecule has 3 N–H and O–H groups in total. The first-order valence-electron chi connectivity index (χ1n) is 7.31. The third-order valence-corrected chi connectivity index (χ3v) is 3.27. The molecule has 1 unspecified atom stereocenters. The van der Waals surface area contributed by atoms with E-state index in [0.717, 1.165) is 12.0 Å². The predicted octanol–water partition coefficient (Wildman–Crippen LogP) is 2.65. The summed E-state index contributed by atoms with van der Waals surface area (Å²) >= 11 is 0. The molecule has 1 amide bonds. The molecule has 6 heteroatoms. The molecular weight excluding hydrogens is 304 g/mol. The lowest BCUT2D eigenvalue weighted by molar-refractivity contribution is -0.126. The van der Waals surface area contributed by atoms with Gasteiger partial charge in [-0.3, -0.25) is 4.79 Å². The number of amides is 1. The van der Waals surface area contributed by atoms with Crippen molar-refractivity contribution in [2.45, 2.75) is 45.7 Å². The molecule has 126 valence electrons. The Balaban J connectivity index is 0.00000441. The van der Waals surface area contributed by atoms with E-state index in [2.05, 4.69) is 5.32 Å². The number of carbonyl (C=O) groups excluding carboxylic acids is 1. The average Bonchev–Trinajstić information content (AvgIpc) is 2.45. The number of carbonyl (C=O) groups is 1. The zero-order chi connectivity index (χ0) is 15.9. The summed E-state index contributed by atoms with van der Waals surface area (Å²) in [6.45, 7) is 6.68. The van der Waals surface area contributed by atoms with E-state index >= 15 is 0 Å². The highest BCUT2D eigenvalue weighted by Gasteiger charge is 2.26. The summed E-state index contributed by atoms with van der Waals surface area (Å²) < 4.78 is 10.8. The zero-order valence-electron chi connectivity index (χ0n) is 13.8. The van der Waals surface area contributed by atoms with E-state index in [-0.39, 0.29) is 18.3 Å². The third-order valence-electron chi connectivity index (χ3n) is 3.27. The fourth-order valence-corrected chi connectivity index (χ4v) is 2.11. The lowest BCUT2D eigenvalue weighted by Crippen LogP contribution is -2.51. The van der Waals surface area contributed by atoms with E-state index in [1.807, 2.05) is 32.0 Å². The van der Waals surface area contributed by atoms with Crippen molar-refractivity contribution in [2.75, 3.05) is 13.7 Å². The van der Waals surface area contributed by atoms with Crippen molar-refractivity contribution in [1.82, 2.24) is 5.32 Å². The average molecular weight is 331 g/mol. The standard InChI is InChI=1S/C16H26N2O3.ClH/c1-5-9-16(3,17)15(19)18-11-12-7-8-13(21-6-2)14(10-12)20-4;/h7-8,10H,5-6,9,11,17H2,1-4H3,(H,18,19);1H. The van der Waals surface area contributed by atoms with Gasteiger partial charge in [0.15, 0.2) is 11.5 Å². The van der Waals surface area contributed by atoms with Crippen LogP contribution in [-0.2, 0) is 11.3 Å². The number of hydrogen-bond donors (Lipinski definition) is 2. The summed E-state index contributed by atoms with van der Waals surface area (Å²) in [6.07, 6.45) is 1.53. The van der Waals surface area contributed by atoms with Gasteiger partial charge in [-0.25, -0.2) is 0 Å². The number of nitrogens with one attached hydrogen (secondary N) is 1. The van der Waals surface area contributed by atoms with Crippen LogP contribution in [0.2, 0.25) is 0 Å². The summed E-state index contributed by atoms with van der Waals surface area (Å²) in [5.41, 5.74) is 6.11. The van der Waals surface area contributed by atoms with Crippen molar-refractivity contribution in [1.29, 1.82) is 0 Å². The minimum Gasteiger partial charge on any atom is -0.493 e. The molecule has 0 bridgehead atoms. The second kappa shape index (κ2) is 9.54. The Morgan fingerprint density at radius 3 is 2.55 bits per heavy atom. The molecule has 0 aliphatic rings. The molecular formula is C16H27ClN2O3. The van der Waals surface area contributed by atoms with Crippen LogP contribution < -0.4 is 20.5 Å². The van der Waals surface area contributed by atoms with Gasteiger partial charge in [-0.2, -0.15) is 0 Å². The predicted molar refractivity (Wildman–Crippen MR) is 90.8 cm³/mol. The van der Waals surface area contributed by atoms with Gasteiger partial charge in [0.05, 0.1) is 19.3 Å². The number of halogens is 1. The van der Waals surface area contributed by atoms with E-state index in [4.69, 9.17) is 15.2 Å². The number of hydrogen-bond acceptors (Lipinski definition) is 4. The quantitative estimate of drug-likeness (QED) is 0.768. The van der Waals surface area contributed by atoms with E-state index in [1.165, 1.54) is 0 Å². The van der Waals surface area contributed by atoms with Gasteiger partial charge in [-0.1, -0.05) is 19.4 Å². The topological polar surface area (TPSA) is 73.6 Å². The molecule has 22 heavy (non-hydrogen) atoms. The lowest BCUT2D eigenvalue weighted by atomic mass is 9.96. The smallest absolute Gasteiger partial charge is 0.240 e. The van der Waals surface area contributed by atoms with Gasteiger partial charge in [0.2, 0.25) is 5.91 Å².